The highest BCUT2D eigenvalue weighted by atomic mass is 32.2. The van der Waals surface area contributed by atoms with Crippen molar-refractivity contribution in [2.24, 2.45) is 0 Å². The highest BCUT2D eigenvalue weighted by Crippen LogP contribution is 2.44. The van der Waals surface area contributed by atoms with Gasteiger partial charge in [0.2, 0.25) is 0 Å². The van der Waals surface area contributed by atoms with Crippen molar-refractivity contribution < 1.29 is 8.94 Å². The van der Waals surface area contributed by atoms with Crippen molar-refractivity contribution in [3.8, 4) is 0 Å². The van der Waals surface area contributed by atoms with Crippen LogP contribution in [0.15, 0.2) is 24.4 Å². The number of rotatable bonds is 7. The normalized spacial score (nSPS) is 14.6. The Bertz CT molecular complexity index is 789. The average molecular weight is 425 g/mol. The molecule has 0 radical (unpaired) electrons. The minimum Gasteiger partial charge on any atom is -0.598 e. The Balaban J connectivity index is 2.49. The number of nitrogens with zero attached hydrogens (tertiary/aromatic N) is 1. The lowest BCUT2D eigenvalue weighted by Gasteiger charge is -2.44. The first-order valence-corrected chi connectivity index (χ1v) is 13.6. The van der Waals surface area contributed by atoms with Crippen molar-refractivity contribution in [3.05, 3.63) is 35.8 Å². The van der Waals surface area contributed by atoms with Crippen LogP contribution in [0.3, 0.4) is 0 Å². The molecule has 0 amide bonds. The van der Waals surface area contributed by atoms with Gasteiger partial charge in [-0.15, -0.1) is 4.72 Å². The van der Waals surface area contributed by atoms with E-state index < -0.39 is 19.6 Å². The van der Waals surface area contributed by atoms with Crippen LogP contribution in [0.2, 0.25) is 16.6 Å². The molecule has 6 heteroatoms. The van der Waals surface area contributed by atoms with Crippen molar-refractivity contribution in [1.29, 1.82) is 0 Å². The van der Waals surface area contributed by atoms with E-state index in [0.717, 1.165) is 10.9 Å². The molecule has 28 heavy (non-hydrogen) atoms. The topological polar surface area (TPSA) is 40.0 Å². The fourth-order valence-electron chi connectivity index (χ4n) is 4.87. The number of fused-ring (bicyclic) bond motifs is 1. The van der Waals surface area contributed by atoms with Crippen molar-refractivity contribution in [1.82, 2.24) is 8.95 Å². The van der Waals surface area contributed by atoms with Gasteiger partial charge in [0.15, 0.2) is 8.24 Å². The van der Waals surface area contributed by atoms with E-state index in [4.69, 9.17) is 0 Å². The maximum absolute atomic E-state index is 15.0. The van der Waals surface area contributed by atoms with E-state index in [9.17, 15) is 8.94 Å². The zero-order valence-corrected chi connectivity index (χ0v) is 20.7. The van der Waals surface area contributed by atoms with Gasteiger partial charge < -0.3 is 8.79 Å². The molecule has 1 atom stereocenters. The Morgan fingerprint density at radius 2 is 1.61 bits per heavy atom. The van der Waals surface area contributed by atoms with Crippen LogP contribution in [-0.4, -0.2) is 21.8 Å². The Morgan fingerprint density at radius 3 is 2.07 bits per heavy atom. The molecule has 0 spiro atoms. The van der Waals surface area contributed by atoms with E-state index in [0.29, 0.717) is 22.2 Å². The minimum absolute atomic E-state index is 0.231. The van der Waals surface area contributed by atoms with Gasteiger partial charge >= 0.3 is 0 Å². The van der Waals surface area contributed by atoms with E-state index in [1.807, 2.05) is 26.8 Å². The summed E-state index contributed by atoms with van der Waals surface area (Å²) in [6.45, 7) is 19.9. The largest absolute Gasteiger partial charge is 0.598 e. The van der Waals surface area contributed by atoms with Crippen LogP contribution < -0.4 is 4.72 Å². The molecule has 1 aromatic heterocycles. The highest BCUT2D eigenvalue weighted by Gasteiger charge is 2.45. The van der Waals surface area contributed by atoms with Crippen LogP contribution in [0, 0.1) is 5.82 Å². The molecule has 0 aliphatic rings. The molecule has 158 valence electrons. The summed E-state index contributed by atoms with van der Waals surface area (Å²) in [4.78, 5) is 0. The number of nitrogens with one attached hydrogen (secondary N) is 1. The van der Waals surface area contributed by atoms with Gasteiger partial charge in [0.05, 0.1) is 6.54 Å². The predicted octanol–water partition coefficient (Wildman–Crippen LogP) is 6.36. The summed E-state index contributed by atoms with van der Waals surface area (Å²) in [6.07, 6.45) is 2.17. The Kier molecular flexibility index (Phi) is 7.12. The van der Waals surface area contributed by atoms with E-state index in [2.05, 4.69) is 62.8 Å². The second-order valence-electron chi connectivity index (χ2n) is 9.74. The van der Waals surface area contributed by atoms with Gasteiger partial charge in [0, 0.05) is 22.4 Å². The lowest BCUT2D eigenvalue weighted by Crippen LogP contribution is -2.51. The summed E-state index contributed by atoms with van der Waals surface area (Å²) in [5.74, 6) is -0.231. The molecule has 0 aliphatic carbocycles. The van der Waals surface area contributed by atoms with Crippen molar-refractivity contribution in [2.75, 3.05) is 0 Å². The van der Waals surface area contributed by atoms with Crippen LogP contribution in [0.1, 0.15) is 67.9 Å². The fraction of sp³-hybridized carbons (Fsp3) is 0.636. The van der Waals surface area contributed by atoms with Crippen LogP contribution in [0.5, 0.6) is 0 Å². The van der Waals surface area contributed by atoms with Gasteiger partial charge in [-0.1, -0.05) is 41.5 Å². The lowest BCUT2D eigenvalue weighted by atomic mass is 10.1. The molecule has 1 unspecified atom stereocenters. The van der Waals surface area contributed by atoms with Crippen LogP contribution >= 0.6 is 0 Å². The van der Waals surface area contributed by atoms with E-state index in [1.54, 1.807) is 6.07 Å². The summed E-state index contributed by atoms with van der Waals surface area (Å²) in [5.41, 5.74) is 3.18. The average Bonchev–Trinajstić information content (AvgIpc) is 2.94. The molecule has 3 nitrogen and oxygen atoms in total. The first-order valence-electron chi connectivity index (χ1n) is 10.3. The monoisotopic (exact) mass is 424 g/mol. The number of aromatic nitrogens is 1. The number of halogens is 1. The number of benzene rings is 1. The summed E-state index contributed by atoms with van der Waals surface area (Å²) >= 11 is -1.22. The Hall–Kier alpha value is -0.823. The number of hydrogen-bond acceptors (Lipinski definition) is 2. The second-order valence-corrected chi connectivity index (χ2v) is 17.5. The van der Waals surface area contributed by atoms with E-state index >= 15 is 0 Å². The minimum atomic E-state index is -1.93. The molecule has 2 aromatic rings. The van der Waals surface area contributed by atoms with Gasteiger partial charge in [0.25, 0.3) is 0 Å². The van der Waals surface area contributed by atoms with Crippen LogP contribution in [-0.2, 0) is 17.9 Å². The van der Waals surface area contributed by atoms with Gasteiger partial charge in [-0.2, -0.15) is 0 Å². The Labute approximate surface area is 174 Å². The fourth-order valence-corrected chi connectivity index (χ4v) is 12.2. The quantitative estimate of drug-likeness (QED) is 0.415. The maximum atomic E-state index is 15.0. The van der Waals surface area contributed by atoms with Gasteiger partial charge in [0.1, 0.15) is 10.6 Å². The molecule has 1 heterocycles. The molecule has 2 rings (SSSR count). The predicted molar refractivity (Wildman–Crippen MR) is 123 cm³/mol. The van der Waals surface area contributed by atoms with Gasteiger partial charge in [-0.25, -0.2) is 4.39 Å². The third kappa shape index (κ3) is 4.20. The molecule has 0 saturated carbocycles. The smallest absolute Gasteiger partial charge is 0.169 e. The standard InChI is InChI=1S/C22H37FN2OSSi/c1-15(2)28(16(3)4,17(5)6)25-11-10-18-12-19(20(23)13-21(18)25)14-24-27(26)22(7,8)9/h10-13,15-17,24H,14H2,1-9H3. The maximum Gasteiger partial charge on any atom is 0.169 e. The zero-order chi connectivity index (χ0) is 21.4. The SMILES string of the molecule is CC(C)[Si](C(C)C)(C(C)C)n1ccc2cc(CN[S+]([O-])C(C)(C)C)c(F)cc21. The number of hydrogen-bond donors (Lipinski definition) is 1. The van der Waals surface area contributed by atoms with E-state index in [-0.39, 0.29) is 17.1 Å². The van der Waals surface area contributed by atoms with Gasteiger partial charge in [-0.05, 0) is 67.2 Å². The first kappa shape index (κ1) is 23.5. The molecule has 1 aromatic carbocycles. The second kappa shape index (κ2) is 8.50. The molecular weight excluding hydrogens is 387 g/mol. The summed E-state index contributed by atoms with van der Waals surface area (Å²) in [5, 5.41) is 1.05. The first-order chi connectivity index (χ1) is 12.8. The summed E-state index contributed by atoms with van der Waals surface area (Å²) < 4.78 is 32.3. The highest BCUT2D eigenvalue weighted by molar-refractivity contribution is 7.90. The van der Waals surface area contributed by atoms with Crippen LogP contribution in [0.4, 0.5) is 4.39 Å². The molecule has 0 fully saturated rings. The Morgan fingerprint density at radius 1 is 1.07 bits per heavy atom. The van der Waals surface area contributed by atoms with Crippen molar-refractivity contribution in [3.63, 3.8) is 0 Å². The molecule has 0 aliphatic heterocycles. The van der Waals surface area contributed by atoms with Crippen molar-refractivity contribution in [2.45, 2.75) is 90.2 Å². The summed E-state index contributed by atoms with van der Waals surface area (Å²) in [6, 6.07) is 5.70. The lowest BCUT2D eigenvalue weighted by molar-refractivity contribution is 0.540. The summed E-state index contributed by atoms with van der Waals surface area (Å²) in [7, 11) is -1.93. The van der Waals surface area contributed by atoms with Gasteiger partial charge in [-0.3, -0.25) is 0 Å². The molecular formula is C22H37FN2OSSi. The zero-order valence-electron chi connectivity index (χ0n) is 18.9. The van der Waals surface area contributed by atoms with Crippen molar-refractivity contribution >= 4 is 30.5 Å². The molecule has 0 saturated heterocycles. The van der Waals surface area contributed by atoms with E-state index in [1.165, 1.54) is 0 Å². The third-order valence-corrected chi connectivity index (χ3v) is 14.3. The molecule has 0 bridgehead atoms. The van der Waals surface area contributed by atoms with Crippen LogP contribution in [0.25, 0.3) is 10.9 Å². The third-order valence-electron chi connectivity index (χ3n) is 6.00. The molecule has 1 N–H and O–H groups in total.